The van der Waals surface area contributed by atoms with Crippen LogP contribution in [0.4, 0.5) is 22.0 Å². The molecule has 3 nitrogen and oxygen atoms in total. The number of nitrogens with one attached hydrogen (secondary N) is 1. The number of methoxy groups -OCH3 is 1. The first-order chi connectivity index (χ1) is 10.0. The lowest BCUT2D eigenvalue weighted by atomic mass is 9.78. The van der Waals surface area contributed by atoms with Gasteiger partial charge in [-0.2, -0.15) is 17.6 Å². The van der Waals surface area contributed by atoms with E-state index >= 15 is 0 Å². The zero-order chi connectivity index (χ0) is 16.9. The number of hydrogen-bond acceptors (Lipinski definition) is 2. The Morgan fingerprint density at radius 1 is 1.27 bits per heavy atom. The first-order valence-electron chi connectivity index (χ1n) is 6.45. The van der Waals surface area contributed by atoms with Crippen LogP contribution in [-0.2, 0) is 4.79 Å². The third-order valence-corrected chi connectivity index (χ3v) is 4.28. The monoisotopic (exact) mass is 323 g/mol. The van der Waals surface area contributed by atoms with Crippen molar-refractivity contribution >= 4 is 5.91 Å². The quantitative estimate of drug-likeness (QED) is 0.849. The Bertz CT molecular complexity index is 616. The van der Waals surface area contributed by atoms with Gasteiger partial charge in [0.25, 0.3) is 0 Å². The zero-order valence-corrected chi connectivity index (χ0v) is 12.0. The van der Waals surface area contributed by atoms with Crippen LogP contribution in [0.15, 0.2) is 12.1 Å². The van der Waals surface area contributed by atoms with Gasteiger partial charge in [0.15, 0.2) is 11.6 Å². The predicted octanol–water partition coefficient (Wildman–Crippen LogP) is 3.14. The van der Waals surface area contributed by atoms with Gasteiger partial charge >= 0.3 is 6.18 Å². The first kappa shape index (κ1) is 16.5. The molecule has 1 fully saturated rings. The minimum atomic E-state index is -4.68. The van der Waals surface area contributed by atoms with E-state index in [9.17, 15) is 26.7 Å². The Hall–Kier alpha value is -1.86. The van der Waals surface area contributed by atoms with Crippen LogP contribution in [0.2, 0.25) is 0 Å². The molecule has 0 bridgehead atoms. The van der Waals surface area contributed by atoms with Crippen LogP contribution in [-0.4, -0.2) is 24.7 Å². The fourth-order valence-electron chi connectivity index (χ4n) is 2.75. The molecule has 1 aliphatic rings. The molecular weight excluding hydrogens is 309 g/mol. The smallest absolute Gasteiger partial charge is 0.411 e. The van der Waals surface area contributed by atoms with Crippen molar-refractivity contribution in [2.75, 3.05) is 7.11 Å². The van der Waals surface area contributed by atoms with Crippen molar-refractivity contribution in [3.8, 4) is 5.75 Å². The van der Waals surface area contributed by atoms with Gasteiger partial charge in [-0.3, -0.25) is 4.79 Å². The number of hydrogen-bond donors (Lipinski definition) is 1. The normalized spacial score (nSPS) is 28.6. The molecule has 122 valence electrons. The van der Waals surface area contributed by atoms with Crippen LogP contribution < -0.4 is 10.1 Å². The van der Waals surface area contributed by atoms with Crippen molar-refractivity contribution in [1.82, 2.24) is 5.32 Å². The summed E-state index contributed by atoms with van der Waals surface area (Å²) in [5, 5.41) is 1.92. The maximum atomic E-state index is 13.7. The molecule has 0 saturated carbocycles. The van der Waals surface area contributed by atoms with Gasteiger partial charge < -0.3 is 10.1 Å². The Balaban J connectivity index is 2.55. The lowest BCUT2D eigenvalue weighted by Gasteiger charge is -2.32. The van der Waals surface area contributed by atoms with E-state index in [-0.39, 0.29) is 5.56 Å². The van der Waals surface area contributed by atoms with E-state index < -0.39 is 46.8 Å². The lowest BCUT2D eigenvalue weighted by Crippen LogP contribution is -2.54. The molecule has 1 heterocycles. The maximum Gasteiger partial charge on any atom is 0.411 e. The van der Waals surface area contributed by atoms with Crippen molar-refractivity contribution in [2.45, 2.75) is 31.5 Å². The summed E-state index contributed by atoms with van der Waals surface area (Å²) in [6.07, 6.45) is -4.68. The largest absolute Gasteiger partial charge is 0.493 e. The molecule has 0 aromatic heterocycles. The van der Waals surface area contributed by atoms with Gasteiger partial charge in [0.2, 0.25) is 11.7 Å². The standard InChI is InChI=1S/C14H14F5NO2/c1-6-9(12(21)20-13(6,2)14(17,18)19)7-4-5-8(15)10(16)11(7)22-3/h4-6,9H,1-3H3,(H,20,21)/t6-,9-,13+/m0/s1. The van der Waals surface area contributed by atoms with Gasteiger partial charge in [0, 0.05) is 11.5 Å². The highest BCUT2D eigenvalue weighted by molar-refractivity contribution is 5.88. The molecule has 0 unspecified atom stereocenters. The van der Waals surface area contributed by atoms with Crippen molar-refractivity contribution in [3.05, 3.63) is 29.3 Å². The van der Waals surface area contributed by atoms with Crippen molar-refractivity contribution in [1.29, 1.82) is 0 Å². The predicted molar refractivity (Wildman–Crippen MR) is 67.4 cm³/mol. The van der Waals surface area contributed by atoms with Crippen LogP contribution in [0.5, 0.6) is 5.75 Å². The second kappa shape index (κ2) is 5.10. The van der Waals surface area contributed by atoms with E-state index in [2.05, 4.69) is 0 Å². The fraction of sp³-hybridized carbons (Fsp3) is 0.500. The van der Waals surface area contributed by atoms with Crippen molar-refractivity contribution in [2.24, 2.45) is 5.92 Å². The Morgan fingerprint density at radius 3 is 2.32 bits per heavy atom. The number of rotatable bonds is 2. The second-order valence-electron chi connectivity index (χ2n) is 5.44. The van der Waals surface area contributed by atoms with E-state index in [4.69, 9.17) is 4.74 Å². The minimum Gasteiger partial charge on any atom is -0.493 e. The number of amides is 1. The molecule has 1 amide bonds. The zero-order valence-electron chi connectivity index (χ0n) is 12.0. The molecule has 8 heteroatoms. The third kappa shape index (κ3) is 2.21. The SMILES string of the molecule is COc1c([C@H]2C(=O)N[C@@](C)(C(F)(F)F)[C@H]2C)ccc(F)c1F. The summed E-state index contributed by atoms with van der Waals surface area (Å²) in [7, 11) is 1.06. The molecular formula is C14H14F5NO2. The molecule has 1 aromatic carbocycles. The van der Waals surface area contributed by atoms with Gasteiger partial charge in [0.1, 0.15) is 5.54 Å². The van der Waals surface area contributed by atoms with E-state index in [0.717, 1.165) is 26.2 Å². The second-order valence-corrected chi connectivity index (χ2v) is 5.44. The number of ether oxygens (including phenoxy) is 1. The van der Waals surface area contributed by atoms with Crippen molar-refractivity contribution in [3.63, 3.8) is 0 Å². The highest BCUT2D eigenvalue weighted by Gasteiger charge is 2.63. The molecule has 0 radical (unpaired) electrons. The lowest BCUT2D eigenvalue weighted by molar-refractivity contribution is -0.198. The Kier molecular flexibility index (Phi) is 3.83. The van der Waals surface area contributed by atoms with Gasteiger partial charge in [-0.05, 0) is 13.0 Å². The summed E-state index contributed by atoms with van der Waals surface area (Å²) < 4.78 is 71.3. The summed E-state index contributed by atoms with van der Waals surface area (Å²) in [6, 6.07) is 1.83. The highest BCUT2D eigenvalue weighted by Crippen LogP contribution is 2.49. The van der Waals surface area contributed by atoms with Crippen LogP contribution >= 0.6 is 0 Å². The van der Waals surface area contributed by atoms with Gasteiger partial charge in [-0.1, -0.05) is 13.0 Å². The molecule has 1 aromatic rings. The summed E-state index contributed by atoms with van der Waals surface area (Å²) in [4.78, 5) is 12.0. The summed E-state index contributed by atoms with van der Waals surface area (Å²) in [5.41, 5.74) is -2.57. The maximum absolute atomic E-state index is 13.7. The summed E-state index contributed by atoms with van der Waals surface area (Å²) in [5.74, 6) is -6.52. The molecule has 3 atom stereocenters. The van der Waals surface area contributed by atoms with Crippen LogP contribution in [0.25, 0.3) is 0 Å². The average Bonchev–Trinajstić information content (AvgIpc) is 2.64. The Labute approximate surface area is 123 Å². The fourth-order valence-corrected chi connectivity index (χ4v) is 2.75. The molecule has 1 N–H and O–H groups in total. The van der Waals surface area contributed by atoms with E-state index in [1.54, 1.807) is 0 Å². The number of alkyl halides is 3. The molecule has 2 rings (SSSR count). The third-order valence-electron chi connectivity index (χ3n) is 4.28. The first-order valence-corrected chi connectivity index (χ1v) is 6.45. The Morgan fingerprint density at radius 2 is 1.86 bits per heavy atom. The van der Waals surface area contributed by atoms with Gasteiger partial charge in [0.05, 0.1) is 13.0 Å². The average molecular weight is 323 g/mol. The molecule has 22 heavy (non-hydrogen) atoms. The number of carbonyl (C=O) groups excluding carboxylic acids is 1. The summed E-state index contributed by atoms with van der Waals surface area (Å²) in [6.45, 7) is 2.10. The molecule has 0 spiro atoms. The molecule has 1 aliphatic heterocycles. The van der Waals surface area contributed by atoms with Crippen molar-refractivity contribution < 1.29 is 31.5 Å². The number of benzene rings is 1. The number of halogens is 5. The van der Waals surface area contributed by atoms with Gasteiger partial charge in [-0.25, -0.2) is 4.39 Å². The van der Waals surface area contributed by atoms with Crippen LogP contribution in [0, 0.1) is 17.6 Å². The minimum absolute atomic E-state index is 0.112. The topological polar surface area (TPSA) is 38.3 Å². The van der Waals surface area contributed by atoms with E-state index in [1.807, 2.05) is 5.32 Å². The number of carbonyl (C=O) groups is 1. The summed E-state index contributed by atoms with van der Waals surface area (Å²) >= 11 is 0. The van der Waals surface area contributed by atoms with Gasteiger partial charge in [-0.15, -0.1) is 0 Å². The van der Waals surface area contributed by atoms with Crippen LogP contribution in [0.3, 0.4) is 0 Å². The molecule has 1 saturated heterocycles. The van der Waals surface area contributed by atoms with E-state index in [1.165, 1.54) is 6.92 Å². The van der Waals surface area contributed by atoms with E-state index in [0.29, 0.717) is 0 Å². The molecule has 0 aliphatic carbocycles. The highest BCUT2D eigenvalue weighted by atomic mass is 19.4. The van der Waals surface area contributed by atoms with Crippen LogP contribution in [0.1, 0.15) is 25.3 Å².